The van der Waals surface area contributed by atoms with Gasteiger partial charge in [0.15, 0.2) is 5.65 Å². The molecule has 0 saturated carbocycles. The fraction of sp³-hybridized carbons (Fsp3) is 0.190. The van der Waals surface area contributed by atoms with Crippen LogP contribution in [-0.4, -0.2) is 45.4 Å². The van der Waals surface area contributed by atoms with Gasteiger partial charge in [0.2, 0.25) is 0 Å². The van der Waals surface area contributed by atoms with Crippen LogP contribution in [0.3, 0.4) is 0 Å². The zero-order valence-electron chi connectivity index (χ0n) is 15.5. The highest BCUT2D eigenvalue weighted by atomic mass is 19.1. The van der Waals surface area contributed by atoms with Crippen LogP contribution >= 0.6 is 0 Å². The number of pyridine rings is 1. The lowest BCUT2D eigenvalue weighted by Crippen LogP contribution is -2.44. The first-order valence-electron chi connectivity index (χ1n) is 9.37. The summed E-state index contributed by atoms with van der Waals surface area (Å²) in [6.45, 7) is 2.01. The number of allylic oxidation sites excluding steroid dienone is 2. The molecule has 0 unspecified atom stereocenters. The molecule has 2 aliphatic heterocycles. The van der Waals surface area contributed by atoms with Crippen molar-refractivity contribution in [1.82, 2.24) is 19.7 Å². The minimum Gasteiger partial charge on any atom is -0.497 e. The van der Waals surface area contributed by atoms with Crippen LogP contribution < -0.4 is 5.32 Å². The van der Waals surface area contributed by atoms with Crippen LogP contribution in [-0.2, 0) is 4.74 Å². The normalized spacial score (nSPS) is 15.6. The lowest BCUT2D eigenvalue weighted by atomic mass is 10.1. The molecule has 8 heteroatoms. The van der Waals surface area contributed by atoms with Gasteiger partial charge in [-0.2, -0.15) is 0 Å². The van der Waals surface area contributed by atoms with Crippen molar-refractivity contribution in [2.45, 2.75) is 6.42 Å². The highest BCUT2D eigenvalue weighted by molar-refractivity contribution is 5.90. The molecule has 0 radical (unpaired) electrons. The van der Waals surface area contributed by atoms with Gasteiger partial charge in [0.25, 0.3) is 0 Å². The van der Waals surface area contributed by atoms with Crippen LogP contribution in [0, 0.1) is 5.82 Å². The second kappa shape index (κ2) is 7.05. The van der Waals surface area contributed by atoms with Gasteiger partial charge in [0.1, 0.15) is 18.1 Å². The van der Waals surface area contributed by atoms with Crippen molar-refractivity contribution in [3.05, 3.63) is 66.5 Å². The first-order chi connectivity index (χ1) is 14.2. The van der Waals surface area contributed by atoms with Crippen molar-refractivity contribution in [2.75, 3.05) is 25.0 Å². The van der Waals surface area contributed by atoms with Gasteiger partial charge in [-0.15, -0.1) is 5.10 Å². The van der Waals surface area contributed by atoms with Crippen LogP contribution in [0.4, 0.5) is 14.9 Å². The van der Waals surface area contributed by atoms with Crippen molar-refractivity contribution >= 4 is 28.3 Å². The fourth-order valence-corrected chi connectivity index (χ4v) is 3.28. The lowest BCUT2D eigenvalue weighted by molar-refractivity contribution is 0.181. The maximum absolute atomic E-state index is 14.5. The summed E-state index contributed by atoms with van der Waals surface area (Å²) in [7, 11) is 0. The number of benzene rings is 1. The van der Waals surface area contributed by atoms with E-state index in [2.05, 4.69) is 15.4 Å². The molecule has 1 fully saturated rings. The minimum atomic E-state index is -0.435. The van der Waals surface area contributed by atoms with Crippen LogP contribution in [0.5, 0.6) is 0 Å². The lowest BCUT2D eigenvalue weighted by Gasteiger charge is -2.30. The molecule has 4 heterocycles. The van der Waals surface area contributed by atoms with E-state index in [1.54, 1.807) is 35.7 Å². The first-order valence-corrected chi connectivity index (χ1v) is 9.37. The van der Waals surface area contributed by atoms with E-state index >= 15 is 0 Å². The summed E-state index contributed by atoms with van der Waals surface area (Å²) >= 11 is 0. The second-order valence-corrected chi connectivity index (χ2v) is 6.94. The van der Waals surface area contributed by atoms with E-state index in [1.165, 1.54) is 10.7 Å². The summed E-state index contributed by atoms with van der Waals surface area (Å²) in [6, 6.07) is 6.22. The molecule has 0 atom stereocenters. The summed E-state index contributed by atoms with van der Waals surface area (Å²) in [5, 5.41) is 7.99. The molecule has 0 aliphatic carbocycles. The number of anilines is 1. The largest absolute Gasteiger partial charge is 0.497 e. The fourth-order valence-electron chi connectivity index (χ4n) is 3.28. The summed E-state index contributed by atoms with van der Waals surface area (Å²) in [4.78, 5) is 18.2. The zero-order valence-corrected chi connectivity index (χ0v) is 15.5. The van der Waals surface area contributed by atoms with Crippen LogP contribution in [0.2, 0.25) is 0 Å². The van der Waals surface area contributed by atoms with Gasteiger partial charge in [-0.3, -0.25) is 0 Å². The van der Waals surface area contributed by atoms with E-state index in [4.69, 9.17) is 4.74 Å². The molecule has 3 aromatic rings. The Bertz CT molecular complexity index is 1160. The van der Waals surface area contributed by atoms with E-state index in [0.717, 1.165) is 36.0 Å². The number of hydrogen-bond acceptors (Lipinski definition) is 4. The minimum absolute atomic E-state index is 0.177. The van der Waals surface area contributed by atoms with E-state index in [1.807, 2.05) is 18.2 Å². The number of halogens is 1. The molecule has 2 amide bonds. The Labute approximate surface area is 166 Å². The summed E-state index contributed by atoms with van der Waals surface area (Å²) in [6.07, 6.45) is 9.98. The third-order valence-corrected chi connectivity index (χ3v) is 5.02. The van der Waals surface area contributed by atoms with Crippen LogP contribution in [0.25, 0.3) is 22.3 Å². The number of nitrogens with zero attached hydrogens (tertiary/aromatic N) is 4. The van der Waals surface area contributed by atoms with Crippen molar-refractivity contribution in [1.29, 1.82) is 0 Å². The zero-order chi connectivity index (χ0) is 19.8. The average molecular weight is 391 g/mol. The number of carbonyl (C=O) groups is 1. The Morgan fingerprint density at radius 2 is 2.14 bits per heavy atom. The number of fused-ring (bicyclic) bond motifs is 1. The average Bonchev–Trinajstić information content (AvgIpc) is 3.12. The molecule has 1 saturated heterocycles. The predicted octanol–water partition coefficient (Wildman–Crippen LogP) is 3.72. The molecule has 1 N–H and O–H groups in total. The molecule has 7 nitrogen and oxygen atoms in total. The van der Waals surface area contributed by atoms with Gasteiger partial charge in [-0.05, 0) is 48.4 Å². The quantitative estimate of drug-likeness (QED) is 0.739. The maximum atomic E-state index is 14.5. The predicted molar refractivity (Wildman–Crippen MR) is 107 cm³/mol. The Morgan fingerprint density at radius 1 is 1.24 bits per heavy atom. The molecule has 5 rings (SSSR count). The van der Waals surface area contributed by atoms with E-state index < -0.39 is 5.82 Å². The summed E-state index contributed by atoms with van der Waals surface area (Å²) in [5.74, 6) is -0.435. The number of nitrogens with one attached hydrogen (secondary N) is 1. The molecule has 0 spiro atoms. The Balaban J connectivity index is 1.46. The van der Waals surface area contributed by atoms with Gasteiger partial charge in [-0.1, -0.05) is 0 Å². The number of amides is 2. The number of carbonyl (C=O) groups excluding carboxylic acids is 1. The molecule has 2 aromatic heterocycles. The molecule has 146 valence electrons. The number of urea groups is 1. The number of likely N-dealkylation sites (tertiary alicyclic amines) is 1. The molecule has 0 bridgehead atoms. The third-order valence-electron chi connectivity index (χ3n) is 5.02. The highest BCUT2D eigenvalue weighted by Crippen LogP contribution is 2.24. The van der Waals surface area contributed by atoms with Crippen molar-refractivity contribution < 1.29 is 13.9 Å². The number of rotatable bonds is 3. The molecule has 1 aromatic carbocycles. The van der Waals surface area contributed by atoms with Crippen LogP contribution in [0.1, 0.15) is 12.0 Å². The smallest absolute Gasteiger partial charge is 0.321 e. The van der Waals surface area contributed by atoms with Crippen molar-refractivity contribution in [3.8, 4) is 5.69 Å². The van der Waals surface area contributed by atoms with E-state index in [9.17, 15) is 9.18 Å². The number of aromatic nitrogens is 3. The van der Waals surface area contributed by atoms with Crippen molar-refractivity contribution in [3.63, 3.8) is 0 Å². The molecule has 29 heavy (non-hydrogen) atoms. The van der Waals surface area contributed by atoms with Gasteiger partial charge < -0.3 is 15.0 Å². The Morgan fingerprint density at radius 3 is 2.90 bits per heavy atom. The third kappa shape index (κ3) is 3.33. The highest BCUT2D eigenvalue weighted by Gasteiger charge is 2.20. The SMILES string of the molecule is O=C(Nc1ccc(F)c(-n2cc3cc(C4=CCOC=C4)cnc3n2)c1)N1CCC1. The van der Waals surface area contributed by atoms with Gasteiger partial charge in [-0.25, -0.2) is 18.9 Å². The standard InChI is InChI=1S/C21H18FN5O2/c22-18-3-2-17(24-21(28)26-6-1-7-26)11-19(18)27-13-16-10-15(12-23-20(16)25-27)14-4-8-29-9-5-14/h2-5,8,10-13H,1,6-7,9H2,(H,24,28). The van der Waals surface area contributed by atoms with Gasteiger partial charge in [0.05, 0.1) is 6.26 Å². The monoisotopic (exact) mass is 391 g/mol. The summed E-state index contributed by atoms with van der Waals surface area (Å²) < 4.78 is 21.1. The van der Waals surface area contributed by atoms with E-state index in [-0.39, 0.29) is 11.7 Å². The number of hydrogen-bond donors (Lipinski definition) is 1. The van der Waals surface area contributed by atoms with Gasteiger partial charge in [0, 0.05) is 42.1 Å². The van der Waals surface area contributed by atoms with Gasteiger partial charge >= 0.3 is 6.03 Å². The maximum Gasteiger partial charge on any atom is 0.321 e. The second-order valence-electron chi connectivity index (χ2n) is 6.94. The topological polar surface area (TPSA) is 72.3 Å². The molecule has 2 aliphatic rings. The molecular formula is C21H18FN5O2. The van der Waals surface area contributed by atoms with Crippen molar-refractivity contribution in [2.24, 2.45) is 0 Å². The first kappa shape index (κ1) is 17.4. The molecular weight excluding hydrogens is 373 g/mol. The van der Waals surface area contributed by atoms with Crippen LogP contribution in [0.15, 0.2) is 55.1 Å². The van der Waals surface area contributed by atoms with E-state index in [0.29, 0.717) is 17.9 Å². The summed E-state index contributed by atoms with van der Waals surface area (Å²) in [5.41, 5.74) is 3.23. The number of ether oxygens (including phenoxy) is 1. The Hall–Kier alpha value is -3.68. The Kier molecular flexibility index (Phi) is 4.23.